The second kappa shape index (κ2) is 4.09. The lowest BCUT2D eigenvalue weighted by Gasteiger charge is -2.03. The zero-order valence-corrected chi connectivity index (χ0v) is 7.87. The van der Waals surface area contributed by atoms with E-state index in [1.54, 1.807) is 48.7 Å². The summed E-state index contributed by atoms with van der Waals surface area (Å²) in [6.07, 6.45) is -0.0510. The number of hydrogen-bond donors (Lipinski definition) is 1. The summed E-state index contributed by atoms with van der Waals surface area (Å²) < 4.78 is 25.6. The summed E-state index contributed by atoms with van der Waals surface area (Å²) >= 11 is 0. The summed E-state index contributed by atoms with van der Waals surface area (Å²) in [5.41, 5.74) is 0.904. The Labute approximate surface area is 86.1 Å². The number of aromatic amines is 1. The normalized spacial score (nSPS) is 10.0. The maximum atomic E-state index is 12.8. The molecule has 0 unspecified atom stereocenters. The van der Waals surface area contributed by atoms with Crippen molar-refractivity contribution in [2.45, 2.75) is 0 Å². The van der Waals surface area contributed by atoms with Gasteiger partial charge in [-0.1, -0.05) is 30.3 Å². The molecule has 0 fully saturated rings. The number of benzene rings is 1. The Kier molecular flexibility index (Phi) is 2.63. The van der Waals surface area contributed by atoms with Gasteiger partial charge in [0.15, 0.2) is 0 Å². The minimum absolute atomic E-state index is 0.0411. The van der Waals surface area contributed by atoms with Gasteiger partial charge in [-0.05, 0) is 17.7 Å². The molecule has 1 nitrogen and oxygen atoms in total. The number of aromatic nitrogens is 1. The van der Waals surface area contributed by atoms with Gasteiger partial charge in [0.2, 0.25) is 0 Å². The fourth-order valence-electron chi connectivity index (χ4n) is 1.46. The number of hydrogen-bond acceptors (Lipinski definition) is 0. The molecule has 2 rings (SSSR count). The summed E-state index contributed by atoms with van der Waals surface area (Å²) in [4.78, 5) is 2.78. The van der Waals surface area contributed by atoms with Crippen LogP contribution in [0.3, 0.4) is 0 Å². The average Bonchev–Trinajstić information content (AvgIpc) is 2.72. The van der Waals surface area contributed by atoms with Crippen molar-refractivity contribution in [3.05, 3.63) is 66.0 Å². The summed E-state index contributed by atoms with van der Waals surface area (Å²) in [6, 6.07) is 11.9. The Bertz CT molecular complexity index is 454. The highest BCUT2D eigenvalue weighted by atomic mass is 19.3. The minimum Gasteiger partial charge on any atom is -0.361 e. The first kappa shape index (κ1) is 9.65. The Hall–Kier alpha value is -1.90. The summed E-state index contributed by atoms with van der Waals surface area (Å²) in [7, 11) is 0. The van der Waals surface area contributed by atoms with Gasteiger partial charge in [0.1, 0.15) is 0 Å². The van der Waals surface area contributed by atoms with E-state index in [4.69, 9.17) is 0 Å². The SMILES string of the molecule is FC(F)=C(c1ccccc1)c1ccc[nH]1. The van der Waals surface area contributed by atoms with E-state index in [0.717, 1.165) is 0 Å². The molecule has 1 heterocycles. The molecular formula is C12H9F2N. The monoisotopic (exact) mass is 205 g/mol. The van der Waals surface area contributed by atoms with E-state index in [-0.39, 0.29) is 5.57 Å². The Balaban J connectivity index is 2.53. The lowest BCUT2D eigenvalue weighted by molar-refractivity contribution is 0.426. The topological polar surface area (TPSA) is 15.8 Å². The molecule has 1 N–H and O–H groups in total. The van der Waals surface area contributed by atoms with Crippen LogP contribution in [0.5, 0.6) is 0 Å². The maximum Gasteiger partial charge on any atom is 0.280 e. The summed E-state index contributed by atoms with van der Waals surface area (Å²) in [5, 5.41) is 0. The molecule has 15 heavy (non-hydrogen) atoms. The quantitative estimate of drug-likeness (QED) is 0.769. The molecule has 0 radical (unpaired) electrons. The van der Waals surface area contributed by atoms with Crippen LogP contribution < -0.4 is 0 Å². The summed E-state index contributed by atoms with van der Waals surface area (Å²) in [6.45, 7) is 0. The number of rotatable bonds is 2. The van der Waals surface area contributed by atoms with Crippen molar-refractivity contribution in [2.75, 3.05) is 0 Å². The second-order valence-corrected chi connectivity index (χ2v) is 3.09. The Morgan fingerprint density at radius 3 is 2.20 bits per heavy atom. The molecule has 0 amide bonds. The second-order valence-electron chi connectivity index (χ2n) is 3.09. The highest BCUT2D eigenvalue weighted by Crippen LogP contribution is 2.26. The van der Waals surface area contributed by atoms with Gasteiger partial charge in [0.25, 0.3) is 6.08 Å². The van der Waals surface area contributed by atoms with Gasteiger partial charge in [-0.2, -0.15) is 8.78 Å². The zero-order chi connectivity index (χ0) is 10.7. The van der Waals surface area contributed by atoms with E-state index in [2.05, 4.69) is 4.98 Å². The lowest BCUT2D eigenvalue weighted by atomic mass is 10.0. The third-order valence-corrected chi connectivity index (χ3v) is 2.12. The van der Waals surface area contributed by atoms with Gasteiger partial charge >= 0.3 is 0 Å². The lowest BCUT2D eigenvalue weighted by Crippen LogP contribution is -1.89. The number of H-pyrrole nitrogens is 1. The predicted octanol–water partition coefficient (Wildman–Crippen LogP) is 3.67. The standard InChI is InChI=1S/C12H9F2N/c13-12(14)11(10-7-4-8-15-10)9-5-2-1-3-6-9/h1-8,15H. The van der Waals surface area contributed by atoms with Crippen LogP contribution in [0.15, 0.2) is 54.7 Å². The third-order valence-electron chi connectivity index (χ3n) is 2.12. The number of nitrogens with one attached hydrogen (secondary N) is 1. The van der Waals surface area contributed by atoms with Crippen LogP contribution >= 0.6 is 0 Å². The Morgan fingerprint density at radius 1 is 0.933 bits per heavy atom. The van der Waals surface area contributed by atoms with Crippen molar-refractivity contribution in [3.63, 3.8) is 0 Å². The van der Waals surface area contributed by atoms with Crippen molar-refractivity contribution in [1.82, 2.24) is 4.98 Å². The predicted molar refractivity (Wildman–Crippen MR) is 55.5 cm³/mol. The molecule has 0 spiro atoms. The van der Waals surface area contributed by atoms with Gasteiger partial charge in [-0.15, -0.1) is 0 Å². The van der Waals surface area contributed by atoms with E-state index in [0.29, 0.717) is 11.3 Å². The van der Waals surface area contributed by atoms with E-state index in [9.17, 15) is 8.78 Å². The molecule has 76 valence electrons. The van der Waals surface area contributed by atoms with Gasteiger partial charge in [-0.25, -0.2) is 0 Å². The molecule has 0 saturated carbocycles. The van der Waals surface area contributed by atoms with E-state index in [1.165, 1.54) is 0 Å². The molecule has 0 atom stereocenters. The molecule has 0 aliphatic carbocycles. The van der Waals surface area contributed by atoms with Crippen LogP contribution in [0, 0.1) is 0 Å². The van der Waals surface area contributed by atoms with Crippen LogP contribution in [-0.2, 0) is 0 Å². The van der Waals surface area contributed by atoms with Crippen molar-refractivity contribution >= 4 is 5.57 Å². The fraction of sp³-hybridized carbons (Fsp3) is 0. The van der Waals surface area contributed by atoms with Crippen molar-refractivity contribution < 1.29 is 8.78 Å². The molecular weight excluding hydrogens is 196 g/mol. The molecule has 0 aliphatic heterocycles. The largest absolute Gasteiger partial charge is 0.361 e. The Morgan fingerprint density at radius 2 is 1.67 bits per heavy atom. The first-order valence-corrected chi connectivity index (χ1v) is 4.53. The highest BCUT2D eigenvalue weighted by molar-refractivity contribution is 5.78. The van der Waals surface area contributed by atoms with Gasteiger partial charge in [0.05, 0.1) is 11.3 Å². The minimum atomic E-state index is -1.68. The smallest absolute Gasteiger partial charge is 0.280 e. The molecule has 1 aromatic heterocycles. The van der Waals surface area contributed by atoms with Crippen LogP contribution in [0.1, 0.15) is 11.3 Å². The van der Waals surface area contributed by atoms with Gasteiger partial charge < -0.3 is 4.98 Å². The first-order chi connectivity index (χ1) is 7.29. The molecule has 1 aromatic carbocycles. The van der Waals surface area contributed by atoms with Crippen molar-refractivity contribution in [1.29, 1.82) is 0 Å². The van der Waals surface area contributed by atoms with E-state index < -0.39 is 6.08 Å². The van der Waals surface area contributed by atoms with Gasteiger partial charge in [-0.3, -0.25) is 0 Å². The van der Waals surface area contributed by atoms with Crippen LogP contribution in [0.4, 0.5) is 8.78 Å². The van der Waals surface area contributed by atoms with Crippen molar-refractivity contribution in [2.24, 2.45) is 0 Å². The van der Waals surface area contributed by atoms with Crippen molar-refractivity contribution in [3.8, 4) is 0 Å². The fourth-order valence-corrected chi connectivity index (χ4v) is 1.46. The molecule has 2 aromatic rings. The van der Waals surface area contributed by atoms with E-state index in [1.807, 2.05) is 0 Å². The molecule has 0 aliphatic rings. The molecule has 0 bridgehead atoms. The van der Waals surface area contributed by atoms with Crippen LogP contribution in [-0.4, -0.2) is 4.98 Å². The van der Waals surface area contributed by atoms with Crippen LogP contribution in [0.25, 0.3) is 5.57 Å². The third kappa shape index (κ3) is 1.96. The van der Waals surface area contributed by atoms with E-state index >= 15 is 0 Å². The summed E-state index contributed by atoms with van der Waals surface area (Å²) in [5.74, 6) is 0. The van der Waals surface area contributed by atoms with Crippen LogP contribution in [0.2, 0.25) is 0 Å². The molecule has 3 heteroatoms. The highest BCUT2D eigenvalue weighted by Gasteiger charge is 2.11. The van der Waals surface area contributed by atoms with Gasteiger partial charge in [0, 0.05) is 6.20 Å². The first-order valence-electron chi connectivity index (χ1n) is 4.53. The average molecular weight is 205 g/mol. The zero-order valence-electron chi connectivity index (χ0n) is 7.87. The maximum absolute atomic E-state index is 12.8. The number of halogens is 2. The molecule has 0 saturated heterocycles.